The topological polar surface area (TPSA) is 86.2 Å². The molecule has 0 saturated heterocycles. The lowest BCUT2D eigenvalue weighted by atomic mass is 9.93. The predicted molar refractivity (Wildman–Crippen MR) is 34.8 cm³/mol. The molecule has 0 aromatic heterocycles. The normalized spacial score (nSPS) is 11.0. The number of carbonyl (C=O) groups is 1. The predicted octanol–water partition coefficient (Wildman–Crippen LogP) is -0.225. The maximum absolute atomic E-state index is 10.5. The molecule has 0 unspecified atom stereocenters. The summed E-state index contributed by atoms with van der Waals surface area (Å²) in [6.07, 6.45) is 0. The van der Waals surface area contributed by atoms with Gasteiger partial charge in [-0.1, -0.05) is 0 Å². The van der Waals surface area contributed by atoms with Crippen molar-refractivity contribution in [1.29, 1.82) is 0 Å². The van der Waals surface area contributed by atoms with E-state index in [0.717, 1.165) is 0 Å². The highest BCUT2D eigenvalue weighted by Crippen LogP contribution is 2.12. The van der Waals surface area contributed by atoms with Gasteiger partial charge in [-0.3, -0.25) is 14.9 Å². The standard InChI is InChI=1S/C5H10N2O3/c1-5(2,4(6)8)3-7(9)10/h3H2,1-2H3,(H2,6,8). The summed E-state index contributed by atoms with van der Waals surface area (Å²) in [5.41, 5.74) is 3.84. The highest BCUT2D eigenvalue weighted by molar-refractivity contribution is 5.79. The van der Waals surface area contributed by atoms with Crippen molar-refractivity contribution in [2.45, 2.75) is 13.8 Å². The van der Waals surface area contributed by atoms with Crippen LogP contribution in [0.25, 0.3) is 0 Å². The molecule has 0 aliphatic rings. The van der Waals surface area contributed by atoms with Gasteiger partial charge < -0.3 is 5.73 Å². The molecule has 0 saturated carbocycles. The Kier molecular flexibility index (Phi) is 2.34. The van der Waals surface area contributed by atoms with E-state index in [1.54, 1.807) is 0 Å². The third-order valence-corrected chi connectivity index (χ3v) is 1.19. The van der Waals surface area contributed by atoms with Crippen molar-refractivity contribution in [2.75, 3.05) is 6.54 Å². The van der Waals surface area contributed by atoms with Crippen molar-refractivity contribution in [2.24, 2.45) is 11.1 Å². The van der Waals surface area contributed by atoms with Crippen LogP contribution in [0, 0.1) is 15.5 Å². The van der Waals surface area contributed by atoms with Gasteiger partial charge in [0.05, 0.1) is 0 Å². The Hall–Kier alpha value is -1.13. The fourth-order valence-electron chi connectivity index (χ4n) is 0.401. The van der Waals surface area contributed by atoms with Crippen LogP contribution in [0.2, 0.25) is 0 Å². The van der Waals surface area contributed by atoms with E-state index in [1.807, 2.05) is 0 Å². The second-order valence-electron chi connectivity index (χ2n) is 2.74. The zero-order chi connectivity index (χ0) is 8.36. The van der Waals surface area contributed by atoms with Crippen molar-refractivity contribution >= 4 is 5.91 Å². The van der Waals surface area contributed by atoms with Crippen LogP contribution in [0.3, 0.4) is 0 Å². The van der Waals surface area contributed by atoms with Crippen LogP contribution < -0.4 is 5.73 Å². The van der Waals surface area contributed by atoms with E-state index in [2.05, 4.69) is 0 Å². The van der Waals surface area contributed by atoms with E-state index >= 15 is 0 Å². The summed E-state index contributed by atoms with van der Waals surface area (Å²) in [4.78, 5) is 19.8. The van der Waals surface area contributed by atoms with Crippen LogP contribution in [0.5, 0.6) is 0 Å². The van der Waals surface area contributed by atoms with E-state index in [-0.39, 0.29) is 0 Å². The van der Waals surface area contributed by atoms with Crippen molar-refractivity contribution in [3.8, 4) is 0 Å². The van der Waals surface area contributed by atoms with Crippen molar-refractivity contribution in [3.05, 3.63) is 10.1 Å². The van der Waals surface area contributed by atoms with E-state index in [0.29, 0.717) is 0 Å². The molecule has 0 bridgehead atoms. The number of carbonyl (C=O) groups excluding carboxylic acids is 1. The van der Waals surface area contributed by atoms with E-state index < -0.39 is 22.8 Å². The van der Waals surface area contributed by atoms with Crippen LogP contribution >= 0.6 is 0 Å². The molecular formula is C5H10N2O3. The Bertz CT molecular complexity index is 164. The Morgan fingerprint density at radius 1 is 1.70 bits per heavy atom. The fraction of sp³-hybridized carbons (Fsp3) is 0.800. The first-order valence-electron chi connectivity index (χ1n) is 2.78. The number of hydrogen-bond donors (Lipinski definition) is 1. The summed E-state index contributed by atoms with van der Waals surface area (Å²) in [5, 5.41) is 9.92. The van der Waals surface area contributed by atoms with Gasteiger partial charge in [-0.05, 0) is 13.8 Å². The number of nitro groups is 1. The third kappa shape index (κ3) is 2.43. The van der Waals surface area contributed by atoms with Gasteiger partial charge in [0.15, 0.2) is 0 Å². The highest BCUT2D eigenvalue weighted by atomic mass is 16.6. The largest absolute Gasteiger partial charge is 0.369 e. The fourth-order valence-corrected chi connectivity index (χ4v) is 0.401. The minimum absolute atomic E-state index is 0.414. The SMILES string of the molecule is CC(C)(C[N+](=O)[O-])C(N)=O. The lowest BCUT2D eigenvalue weighted by Gasteiger charge is -2.13. The van der Waals surface area contributed by atoms with Gasteiger partial charge in [-0.25, -0.2) is 0 Å². The lowest BCUT2D eigenvalue weighted by molar-refractivity contribution is -0.492. The Balaban J connectivity index is 4.13. The second kappa shape index (κ2) is 2.64. The van der Waals surface area contributed by atoms with Gasteiger partial charge >= 0.3 is 0 Å². The summed E-state index contributed by atoms with van der Waals surface area (Å²) >= 11 is 0. The molecule has 5 heteroatoms. The van der Waals surface area contributed by atoms with Gasteiger partial charge in [-0.2, -0.15) is 0 Å². The summed E-state index contributed by atoms with van der Waals surface area (Å²) in [5.74, 6) is -0.649. The Morgan fingerprint density at radius 3 is 2.20 bits per heavy atom. The summed E-state index contributed by atoms with van der Waals surface area (Å²) in [6, 6.07) is 0. The zero-order valence-corrected chi connectivity index (χ0v) is 5.96. The first-order valence-corrected chi connectivity index (χ1v) is 2.78. The van der Waals surface area contributed by atoms with Crippen LogP contribution in [0.4, 0.5) is 0 Å². The maximum atomic E-state index is 10.5. The molecule has 0 atom stereocenters. The number of hydrogen-bond acceptors (Lipinski definition) is 3. The number of amides is 1. The third-order valence-electron chi connectivity index (χ3n) is 1.19. The molecule has 0 spiro atoms. The van der Waals surface area contributed by atoms with Crippen LogP contribution in [-0.2, 0) is 4.79 Å². The molecule has 2 N–H and O–H groups in total. The number of rotatable bonds is 3. The second-order valence-corrected chi connectivity index (χ2v) is 2.74. The lowest BCUT2D eigenvalue weighted by Crippen LogP contribution is -2.37. The molecule has 0 aromatic carbocycles. The van der Waals surface area contributed by atoms with Gasteiger partial charge in [0, 0.05) is 4.92 Å². The van der Waals surface area contributed by atoms with Crippen molar-refractivity contribution in [3.63, 3.8) is 0 Å². The summed E-state index contributed by atoms with van der Waals surface area (Å²) in [7, 11) is 0. The van der Waals surface area contributed by atoms with E-state index in [1.165, 1.54) is 13.8 Å². The molecule has 1 amide bonds. The number of nitrogens with two attached hydrogens (primary N) is 1. The van der Waals surface area contributed by atoms with Crippen molar-refractivity contribution < 1.29 is 9.72 Å². The van der Waals surface area contributed by atoms with Gasteiger partial charge in [0.1, 0.15) is 5.41 Å². The van der Waals surface area contributed by atoms with Crippen LogP contribution in [0.1, 0.15) is 13.8 Å². The first kappa shape index (κ1) is 8.87. The van der Waals surface area contributed by atoms with Crippen LogP contribution in [-0.4, -0.2) is 17.4 Å². The molecule has 0 aliphatic heterocycles. The first-order chi connectivity index (χ1) is 4.36. The molecule has 0 heterocycles. The molecule has 0 aromatic rings. The van der Waals surface area contributed by atoms with Crippen molar-refractivity contribution in [1.82, 2.24) is 0 Å². The average molecular weight is 146 g/mol. The monoisotopic (exact) mass is 146 g/mol. The van der Waals surface area contributed by atoms with E-state index in [9.17, 15) is 14.9 Å². The van der Waals surface area contributed by atoms with Gasteiger partial charge in [0.2, 0.25) is 12.5 Å². The minimum Gasteiger partial charge on any atom is -0.369 e. The van der Waals surface area contributed by atoms with Gasteiger partial charge in [0.25, 0.3) is 0 Å². The molecule has 0 fully saturated rings. The molecular weight excluding hydrogens is 136 g/mol. The molecule has 58 valence electrons. The number of primary amides is 1. The summed E-state index contributed by atoms with van der Waals surface area (Å²) in [6.45, 7) is 2.47. The molecule has 0 rings (SSSR count). The zero-order valence-electron chi connectivity index (χ0n) is 5.96. The van der Waals surface area contributed by atoms with E-state index in [4.69, 9.17) is 5.73 Å². The number of nitrogens with zero attached hydrogens (tertiary/aromatic N) is 1. The maximum Gasteiger partial charge on any atom is 0.229 e. The average Bonchev–Trinajstić information content (AvgIpc) is 1.60. The Labute approximate surface area is 58.4 Å². The minimum atomic E-state index is -1.04. The molecule has 10 heavy (non-hydrogen) atoms. The molecule has 0 aliphatic carbocycles. The van der Waals surface area contributed by atoms with Gasteiger partial charge in [-0.15, -0.1) is 0 Å². The Morgan fingerprint density at radius 2 is 2.10 bits per heavy atom. The van der Waals surface area contributed by atoms with Crippen LogP contribution in [0.15, 0.2) is 0 Å². The quantitative estimate of drug-likeness (QED) is 0.441. The smallest absolute Gasteiger partial charge is 0.229 e. The highest BCUT2D eigenvalue weighted by Gasteiger charge is 2.30. The summed E-state index contributed by atoms with van der Waals surface area (Å²) < 4.78 is 0. The molecule has 0 radical (unpaired) electrons. The molecule has 5 nitrogen and oxygen atoms in total.